The summed E-state index contributed by atoms with van der Waals surface area (Å²) in [7, 11) is 0. The molecule has 2 heterocycles. The first kappa shape index (κ1) is 17.1. The maximum Gasteiger partial charge on any atom is 0.342 e. The predicted octanol–water partition coefficient (Wildman–Crippen LogP) is 1.13. The van der Waals surface area contributed by atoms with Crippen molar-refractivity contribution in [2.45, 2.75) is 33.8 Å². The smallest absolute Gasteiger partial charge is 0.342 e. The van der Waals surface area contributed by atoms with Gasteiger partial charge in [0.1, 0.15) is 17.1 Å². The first-order valence-electron chi connectivity index (χ1n) is 7.62. The molecule has 0 N–H and O–H groups in total. The van der Waals surface area contributed by atoms with Gasteiger partial charge in [-0.1, -0.05) is 0 Å². The Labute approximate surface area is 135 Å². The van der Waals surface area contributed by atoms with Crippen LogP contribution in [0.3, 0.4) is 0 Å². The lowest BCUT2D eigenvalue weighted by molar-refractivity contribution is -0.144. The molecule has 7 nitrogen and oxygen atoms in total. The van der Waals surface area contributed by atoms with E-state index in [1.165, 1.54) is 6.92 Å². The van der Waals surface area contributed by atoms with Gasteiger partial charge in [-0.25, -0.2) is 4.79 Å². The van der Waals surface area contributed by atoms with Gasteiger partial charge in [0.05, 0.1) is 0 Å². The van der Waals surface area contributed by atoms with Gasteiger partial charge in [0, 0.05) is 33.1 Å². The minimum absolute atomic E-state index is 0.00220. The summed E-state index contributed by atoms with van der Waals surface area (Å²) in [5, 5.41) is 0. The summed E-state index contributed by atoms with van der Waals surface area (Å²) < 4.78 is 10.5. The number of aryl methyl sites for hydroxylation is 2. The minimum atomic E-state index is -0.874. The predicted molar refractivity (Wildman–Crippen MR) is 81.9 cm³/mol. The third kappa shape index (κ3) is 3.91. The Balaban J connectivity index is 1.92. The van der Waals surface area contributed by atoms with Gasteiger partial charge in [0.25, 0.3) is 5.91 Å². The number of esters is 1. The Bertz CT molecular complexity index is 614. The number of furan rings is 1. The quantitative estimate of drug-likeness (QED) is 0.780. The van der Waals surface area contributed by atoms with E-state index in [0.29, 0.717) is 43.3 Å². The number of hydrogen-bond donors (Lipinski definition) is 0. The molecule has 0 spiro atoms. The van der Waals surface area contributed by atoms with Gasteiger partial charge in [-0.2, -0.15) is 0 Å². The van der Waals surface area contributed by atoms with Crippen molar-refractivity contribution < 1.29 is 23.5 Å². The third-order valence-corrected chi connectivity index (χ3v) is 3.93. The fourth-order valence-corrected chi connectivity index (χ4v) is 2.61. The lowest BCUT2D eigenvalue weighted by atomic mass is 10.2. The van der Waals surface area contributed by atoms with Gasteiger partial charge in [-0.3, -0.25) is 9.59 Å². The number of piperazine rings is 1. The first-order chi connectivity index (χ1) is 10.8. The van der Waals surface area contributed by atoms with Gasteiger partial charge in [-0.05, 0) is 26.8 Å². The molecule has 0 saturated carbocycles. The highest BCUT2D eigenvalue weighted by molar-refractivity contribution is 5.93. The van der Waals surface area contributed by atoms with Gasteiger partial charge < -0.3 is 19.0 Å². The Morgan fingerprint density at radius 3 is 2.17 bits per heavy atom. The number of rotatable bonds is 3. The van der Waals surface area contributed by atoms with Crippen LogP contribution in [0, 0.1) is 13.8 Å². The summed E-state index contributed by atoms with van der Waals surface area (Å²) in [4.78, 5) is 39.1. The van der Waals surface area contributed by atoms with Crippen LogP contribution in [0.5, 0.6) is 0 Å². The lowest BCUT2D eigenvalue weighted by Crippen LogP contribution is -2.52. The van der Waals surface area contributed by atoms with Crippen LogP contribution in [-0.2, 0) is 14.3 Å². The Morgan fingerprint density at radius 2 is 1.70 bits per heavy atom. The van der Waals surface area contributed by atoms with E-state index in [2.05, 4.69) is 0 Å². The van der Waals surface area contributed by atoms with Gasteiger partial charge in [-0.15, -0.1) is 0 Å². The molecule has 1 aliphatic rings. The molecule has 7 heteroatoms. The largest absolute Gasteiger partial charge is 0.466 e. The van der Waals surface area contributed by atoms with Crippen LogP contribution >= 0.6 is 0 Å². The molecular weight excluding hydrogens is 300 g/mol. The van der Waals surface area contributed by atoms with E-state index in [-0.39, 0.29) is 11.8 Å². The van der Waals surface area contributed by atoms with Crippen LogP contribution in [0.25, 0.3) is 0 Å². The molecule has 1 aliphatic heterocycles. The van der Waals surface area contributed by atoms with E-state index in [4.69, 9.17) is 9.15 Å². The molecular formula is C16H22N2O5. The van der Waals surface area contributed by atoms with Crippen molar-refractivity contribution in [3.63, 3.8) is 0 Å². The molecule has 23 heavy (non-hydrogen) atoms. The van der Waals surface area contributed by atoms with Crippen LogP contribution in [0.2, 0.25) is 0 Å². The van der Waals surface area contributed by atoms with Crippen molar-refractivity contribution in [2.24, 2.45) is 0 Å². The first-order valence-corrected chi connectivity index (χ1v) is 7.62. The maximum absolute atomic E-state index is 12.4. The van der Waals surface area contributed by atoms with Crippen molar-refractivity contribution in [3.8, 4) is 0 Å². The number of ether oxygens (including phenoxy) is 1. The molecule has 1 fully saturated rings. The molecule has 1 aromatic rings. The number of nitrogens with zero attached hydrogens (tertiary/aromatic N) is 2. The van der Waals surface area contributed by atoms with Gasteiger partial charge in [0.15, 0.2) is 6.10 Å². The van der Waals surface area contributed by atoms with Crippen molar-refractivity contribution in [1.82, 2.24) is 9.80 Å². The Kier molecular flexibility index (Phi) is 5.08. The summed E-state index contributed by atoms with van der Waals surface area (Å²) in [6.45, 7) is 8.39. The second kappa shape index (κ2) is 6.85. The van der Waals surface area contributed by atoms with E-state index in [1.807, 2.05) is 0 Å². The lowest BCUT2D eigenvalue weighted by Gasteiger charge is -2.35. The Morgan fingerprint density at radius 1 is 1.13 bits per heavy atom. The summed E-state index contributed by atoms with van der Waals surface area (Å²) in [6, 6.07) is 1.60. The summed E-state index contributed by atoms with van der Waals surface area (Å²) in [5.41, 5.74) is 0.337. The van der Waals surface area contributed by atoms with Crippen LogP contribution in [0.1, 0.15) is 35.7 Å². The van der Waals surface area contributed by atoms with E-state index >= 15 is 0 Å². The number of carbonyl (C=O) groups is 3. The summed E-state index contributed by atoms with van der Waals surface area (Å²) in [6.07, 6.45) is -0.874. The van der Waals surface area contributed by atoms with Crippen molar-refractivity contribution in [3.05, 3.63) is 23.2 Å². The van der Waals surface area contributed by atoms with Crippen molar-refractivity contribution in [2.75, 3.05) is 26.2 Å². The van der Waals surface area contributed by atoms with E-state index in [9.17, 15) is 14.4 Å². The van der Waals surface area contributed by atoms with Crippen LogP contribution < -0.4 is 0 Å². The molecule has 0 bridgehead atoms. The molecule has 126 valence electrons. The maximum atomic E-state index is 12.4. The number of amides is 2. The fraction of sp³-hybridized carbons (Fsp3) is 0.562. The topological polar surface area (TPSA) is 80.1 Å². The number of carbonyl (C=O) groups excluding carboxylic acids is 3. The van der Waals surface area contributed by atoms with E-state index in [1.54, 1.807) is 36.6 Å². The van der Waals surface area contributed by atoms with Gasteiger partial charge in [0.2, 0.25) is 5.91 Å². The zero-order chi connectivity index (χ0) is 17.1. The molecule has 1 atom stereocenters. The highest BCUT2D eigenvalue weighted by atomic mass is 16.5. The minimum Gasteiger partial charge on any atom is -0.466 e. The van der Waals surface area contributed by atoms with Gasteiger partial charge >= 0.3 is 5.97 Å². The molecule has 1 aromatic heterocycles. The fourth-order valence-electron chi connectivity index (χ4n) is 2.61. The standard InChI is InChI=1S/C16H22N2O5/c1-10-9-14(11(2)22-10)16(21)23-12(3)15(20)18-7-5-17(6-8-18)13(4)19/h9,12H,5-8H2,1-4H3/t12-/m0/s1. The average Bonchev–Trinajstić information content (AvgIpc) is 2.85. The highest BCUT2D eigenvalue weighted by Gasteiger charge is 2.28. The average molecular weight is 322 g/mol. The monoisotopic (exact) mass is 322 g/mol. The van der Waals surface area contributed by atoms with E-state index < -0.39 is 12.1 Å². The SMILES string of the molecule is CC(=O)N1CCN(C(=O)[C@H](C)OC(=O)c2cc(C)oc2C)CC1. The Hall–Kier alpha value is -2.31. The van der Waals surface area contributed by atoms with Crippen LogP contribution in [-0.4, -0.2) is 59.9 Å². The normalized spacial score (nSPS) is 16.2. The second-order valence-electron chi connectivity index (χ2n) is 5.71. The third-order valence-electron chi connectivity index (χ3n) is 3.93. The van der Waals surface area contributed by atoms with Crippen LogP contribution in [0.15, 0.2) is 10.5 Å². The molecule has 2 amide bonds. The zero-order valence-corrected chi connectivity index (χ0v) is 13.9. The van der Waals surface area contributed by atoms with Crippen LogP contribution in [0.4, 0.5) is 0 Å². The van der Waals surface area contributed by atoms with Crippen molar-refractivity contribution >= 4 is 17.8 Å². The highest BCUT2D eigenvalue weighted by Crippen LogP contribution is 2.16. The molecule has 0 unspecified atom stereocenters. The summed E-state index contributed by atoms with van der Waals surface area (Å²) in [5.74, 6) is 0.278. The molecule has 0 radical (unpaired) electrons. The van der Waals surface area contributed by atoms with Crippen molar-refractivity contribution in [1.29, 1.82) is 0 Å². The molecule has 0 aliphatic carbocycles. The molecule has 0 aromatic carbocycles. The molecule has 2 rings (SSSR count). The second-order valence-corrected chi connectivity index (χ2v) is 5.71. The summed E-state index contributed by atoms with van der Waals surface area (Å²) >= 11 is 0. The number of hydrogen-bond acceptors (Lipinski definition) is 5. The zero-order valence-electron chi connectivity index (χ0n) is 13.9. The molecule has 1 saturated heterocycles. The van der Waals surface area contributed by atoms with E-state index in [0.717, 1.165) is 0 Å².